The first-order valence-corrected chi connectivity index (χ1v) is 7.14. The molecule has 20 heavy (non-hydrogen) atoms. The molecule has 0 saturated heterocycles. The summed E-state index contributed by atoms with van der Waals surface area (Å²) in [4.78, 5) is 11.5. The highest BCUT2D eigenvalue weighted by Gasteiger charge is 2.30. The minimum absolute atomic E-state index is 0.328. The second kappa shape index (κ2) is 5.83. The fourth-order valence-electron chi connectivity index (χ4n) is 2.31. The molecule has 1 fully saturated rings. The first kappa shape index (κ1) is 14.9. The maximum atomic E-state index is 11.5. The molecule has 0 bridgehead atoms. The van der Waals surface area contributed by atoms with Crippen LogP contribution in [-0.4, -0.2) is 17.7 Å². The van der Waals surface area contributed by atoms with Gasteiger partial charge in [-0.15, -0.1) is 0 Å². The van der Waals surface area contributed by atoms with E-state index in [0.29, 0.717) is 12.0 Å². The van der Waals surface area contributed by atoms with E-state index in [2.05, 4.69) is 42.0 Å². The summed E-state index contributed by atoms with van der Waals surface area (Å²) < 4.78 is 5.17. The van der Waals surface area contributed by atoms with Crippen LogP contribution in [0.15, 0.2) is 24.3 Å². The third-order valence-corrected chi connectivity index (χ3v) is 3.46. The van der Waals surface area contributed by atoms with E-state index in [1.807, 2.05) is 20.8 Å². The van der Waals surface area contributed by atoms with Crippen LogP contribution >= 0.6 is 0 Å². The molecule has 0 aromatic heterocycles. The van der Waals surface area contributed by atoms with Crippen LogP contribution in [0.4, 0.5) is 4.79 Å². The van der Waals surface area contributed by atoms with E-state index in [1.165, 1.54) is 11.1 Å². The maximum absolute atomic E-state index is 11.5. The van der Waals surface area contributed by atoms with Gasteiger partial charge in [0.1, 0.15) is 5.60 Å². The molecular weight excluding hydrogens is 252 g/mol. The van der Waals surface area contributed by atoms with Crippen molar-refractivity contribution in [3.8, 4) is 0 Å². The summed E-state index contributed by atoms with van der Waals surface area (Å²) in [6.45, 7) is 7.65. The molecule has 0 unspecified atom stereocenters. The molecular formula is C16H24N2O2. The molecule has 4 heteroatoms. The number of hydrazine groups is 1. The number of benzene rings is 1. The lowest BCUT2D eigenvalue weighted by molar-refractivity contribution is 0.0471. The highest BCUT2D eigenvalue weighted by Crippen LogP contribution is 2.36. The molecule has 1 aliphatic carbocycles. The van der Waals surface area contributed by atoms with Crippen molar-refractivity contribution in [3.63, 3.8) is 0 Å². The van der Waals surface area contributed by atoms with E-state index in [9.17, 15) is 4.79 Å². The van der Waals surface area contributed by atoms with Crippen LogP contribution in [0.3, 0.4) is 0 Å². The number of rotatable bonds is 3. The number of ether oxygens (including phenoxy) is 1. The summed E-state index contributed by atoms with van der Waals surface area (Å²) in [7, 11) is 0. The Bertz CT molecular complexity index is 456. The molecule has 1 aromatic rings. The van der Waals surface area contributed by atoms with Crippen LogP contribution in [0.25, 0.3) is 0 Å². The van der Waals surface area contributed by atoms with Crippen molar-refractivity contribution in [1.82, 2.24) is 10.9 Å². The van der Waals surface area contributed by atoms with E-state index in [0.717, 1.165) is 12.8 Å². The van der Waals surface area contributed by atoms with Crippen molar-refractivity contribution in [2.24, 2.45) is 0 Å². The SMILES string of the molecule is Cc1ccc(C2CC(NNC(=O)OC(C)(C)C)C2)cc1. The third kappa shape index (κ3) is 4.23. The first-order chi connectivity index (χ1) is 9.33. The molecule has 0 spiro atoms. The molecule has 1 saturated carbocycles. The highest BCUT2D eigenvalue weighted by molar-refractivity contribution is 5.67. The average molecular weight is 276 g/mol. The maximum Gasteiger partial charge on any atom is 0.422 e. The Morgan fingerprint density at radius 3 is 2.35 bits per heavy atom. The van der Waals surface area contributed by atoms with Crippen LogP contribution in [0.2, 0.25) is 0 Å². The van der Waals surface area contributed by atoms with Crippen molar-refractivity contribution in [1.29, 1.82) is 0 Å². The number of carbonyl (C=O) groups excluding carboxylic acids is 1. The minimum atomic E-state index is -0.462. The van der Waals surface area contributed by atoms with Gasteiger partial charge in [0.15, 0.2) is 0 Å². The van der Waals surface area contributed by atoms with Gasteiger partial charge in [0, 0.05) is 6.04 Å². The molecule has 0 heterocycles. The zero-order chi connectivity index (χ0) is 14.8. The second-order valence-corrected chi connectivity index (χ2v) is 6.55. The number of nitrogens with one attached hydrogen (secondary N) is 2. The van der Waals surface area contributed by atoms with Crippen molar-refractivity contribution in [2.75, 3.05) is 0 Å². The monoisotopic (exact) mass is 276 g/mol. The van der Waals surface area contributed by atoms with Crippen LogP contribution < -0.4 is 10.9 Å². The first-order valence-electron chi connectivity index (χ1n) is 7.14. The van der Waals surface area contributed by atoms with Gasteiger partial charge in [-0.1, -0.05) is 29.8 Å². The lowest BCUT2D eigenvalue weighted by Gasteiger charge is -2.36. The van der Waals surface area contributed by atoms with Gasteiger partial charge in [-0.2, -0.15) is 0 Å². The van der Waals surface area contributed by atoms with Crippen molar-refractivity contribution in [3.05, 3.63) is 35.4 Å². The molecule has 1 aromatic carbocycles. The Labute approximate surface area is 120 Å². The Balaban J connectivity index is 1.69. The molecule has 0 radical (unpaired) electrons. The van der Waals surface area contributed by atoms with Gasteiger partial charge < -0.3 is 4.74 Å². The fourth-order valence-corrected chi connectivity index (χ4v) is 2.31. The zero-order valence-electron chi connectivity index (χ0n) is 12.7. The smallest absolute Gasteiger partial charge is 0.422 e. The molecule has 0 atom stereocenters. The number of hydrogen-bond acceptors (Lipinski definition) is 3. The van der Waals surface area contributed by atoms with E-state index in [4.69, 9.17) is 4.74 Å². The molecule has 0 aliphatic heterocycles. The van der Waals surface area contributed by atoms with E-state index in [-0.39, 0.29) is 0 Å². The Kier molecular flexibility index (Phi) is 4.33. The Morgan fingerprint density at radius 2 is 1.80 bits per heavy atom. The Morgan fingerprint density at radius 1 is 1.20 bits per heavy atom. The van der Waals surface area contributed by atoms with Gasteiger partial charge in [-0.05, 0) is 52.0 Å². The zero-order valence-corrected chi connectivity index (χ0v) is 12.7. The topological polar surface area (TPSA) is 50.4 Å². The van der Waals surface area contributed by atoms with E-state index < -0.39 is 11.7 Å². The van der Waals surface area contributed by atoms with Crippen molar-refractivity contribution < 1.29 is 9.53 Å². The van der Waals surface area contributed by atoms with Gasteiger partial charge in [-0.25, -0.2) is 10.2 Å². The summed E-state index contributed by atoms with van der Waals surface area (Å²) in [6.07, 6.45) is 1.66. The van der Waals surface area contributed by atoms with Crippen LogP contribution in [-0.2, 0) is 4.74 Å². The number of hydrogen-bond donors (Lipinski definition) is 2. The molecule has 110 valence electrons. The molecule has 2 N–H and O–H groups in total. The van der Waals surface area contributed by atoms with Gasteiger partial charge in [0.25, 0.3) is 0 Å². The van der Waals surface area contributed by atoms with Crippen LogP contribution in [0.5, 0.6) is 0 Å². The van der Waals surface area contributed by atoms with Crippen molar-refractivity contribution in [2.45, 2.75) is 58.1 Å². The second-order valence-electron chi connectivity index (χ2n) is 6.55. The average Bonchev–Trinajstić information content (AvgIpc) is 2.27. The van der Waals surface area contributed by atoms with Crippen molar-refractivity contribution >= 4 is 6.09 Å². The number of amides is 1. The lowest BCUT2D eigenvalue weighted by Crippen LogP contribution is -2.50. The summed E-state index contributed by atoms with van der Waals surface area (Å²) >= 11 is 0. The minimum Gasteiger partial charge on any atom is -0.443 e. The summed E-state index contributed by atoms with van der Waals surface area (Å²) in [5, 5.41) is 0. The fraction of sp³-hybridized carbons (Fsp3) is 0.562. The Hall–Kier alpha value is -1.55. The van der Waals surface area contributed by atoms with Crippen LogP contribution in [0, 0.1) is 6.92 Å². The van der Waals surface area contributed by atoms with E-state index in [1.54, 1.807) is 0 Å². The van der Waals surface area contributed by atoms with Gasteiger partial charge in [0.05, 0.1) is 0 Å². The van der Waals surface area contributed by atoms with E-state index >= 15 is 0 Å². The normalized spacial score (nSPS) is 22.0. The molecule has 1 aliphatic rings. The molecule has 1 amide bonds. The van der Waals surface area contributed by atoms with Gasteiger partial charge in [0.2, 0.25) is 0 Å². The van der Waals surface area contributed by atoms with Gasteiger partial charge >= 0.3 is 6.09 Å². The standard InChI is InChI=1S/C16H24N2O2/c1-11-5-7-12(8-6-11)13-9-14(10-13)17-18-15(19)20-16(2,3)4/h5-8,13-14,17H,9-10H2,1-4H3,(H,18,19). The largest absolute Gasteiger partial charge is 0.443 e. The quantitative estimate of drug-likeness (QED) is 0.833. The predicted molar refractivity (Wildman–Crippen MR) is 79.4 cm³/mol. The molecule has 4 nitrogen and oxygen atoms in total. The van der Waals surface area contributed by atoms with Crippen LogP contribution in [0.1, 0.15) is 50.7 Å². The summed E-state index contributed by atoms with van der Waals surface area (Å²) in [5.41, 5.74) is 7.84. The lowest BCUT2D eigenvalue weighted by atomic mass is 9.76. The summed E-state index contributed by atoms with van der Waals surface area (Å²) in [6, 6.07) is 9.01. The number of carbonyl (C=O) groups is 1. The predicted octanol–water partition coefficient (Wildman–Crippen LogP) is 3.27. The summed E-state index contributed by atoms with van der Waals surface area (Å²) in [5.74, 6) is 0.591. The number of aryl methyl sites for hydroxylation is 1. The highest BCUT2D eigenvalue weighted by atomic mass is 16.6. The molecule has 2 rings (SSSR count). The third-order valence-electron chi connectivity index (χ3n) is 3.46. The van der Waals surface area contributed by atoms with Gasteiger partial charge in [-0.3, -0.25) is 5.43 Å².